The zero-order chi connectivity index (χ0) is 17.3. The Morgan fingerprint density at radius 1 is 1.00 bits per heavy atom. The molecule has 1 heterocycles. The molecule has 1 saturated heterocycles. The van der Waals surface area contributed by atoms with Crippen LogP contribution in [-0.4, -0.2) is 18.4 Å². The number of rotatable bonds is 5. The first-order valence-electron chi connectivity index (χ1n) is 8.78. The molecule has 128 valence electrons. The van der Waals surface area contributed by atoms with Gasteiger partial charge in [-0.1, -0.05) is 24.5 Å². The lowest BCUT2D eigenvalue weighted by atomic mass is 9.78. The highest BCUT2D eigenvalue weighted by atomic mass is 16.5. The topological polar surface area (TPSA) is 46.6 Å². The van der Waals surface area contributed by atoms with Crippen LogP contribution in [0.5, 0.6) is 5.75 Å². The number of imide groups is 1. The van der Waals surface area contributed by atoms with E-state index in [1.807, 2.05) is 24.3 Å². The summed E-state index contributed by atoms with van der Waals surface area (Å²) in [6.45, 7) is 6.93. The average Bonchev–Trinajstić information content (AvgIpc) is 2.80. The molecule has 0 N–H and O–H groups in total. The van der Waals surface area contributed by atoms with Crippen molar-refractivity contribution in [2.24, 2.45) is 11.8 Å². The fraction of sp³-hybridized carbons (Fsp3) is 0.500. The van der Waals surface area contributed by atoms with E-state index < -0.39 is 0 Å². The van der Waals surface area contributed by atoms with Crippen molar-refractivity contribution in [3.8, 4) is 5.75 Å². The Morgan fingerprint density at radius 3 is 2.04 bits per heavy atom. The van der Waals surface area contributed by atoms with Gasteiger partial charge in [-0.15, -0.1) is 0 Å². The molecular weight excluding hydrogens is 302 g/mol. The third kappa shape index (κ3) is 2.97. The Hall–Kier alpha value is -2.10. The van der Waals surface area contributed by atoms with Crippen LogP contribution in [-0.2, 0) is 9.59 Å². The molecule has 1 aromatic rings. The molecule has 0 unspecified atom stereocenters. The second-order valence-electron chi connectivity index (χ2n) is 6.89. The number of allylic oxidation sites excluding steroid dienone is 2. The van der Waals surface area contributed by atoms with Gasteiger partial charge in [0.1, 0.15) is 5.75 Å². The number of ether oxygens (including phenoxy) is 1. The summed E-state index contributed by atoms with van der Waals surface area (Å²) in [5.74, 6) is 0.272. The third-order valence-electron chi connectivity index (χ3n) is 5.20. The predicted molar refractivity (Wildman–Crippen MR) is 93.9 cm³/mol. The Bertz CT molecular complexity index is 643. The minimum Gasteiger partial charge on any atom is -0.494 e. The number of unbranched alkanes of at least 4 members (excludes halogenated alkanes) is 1. The lowest BCUT2D eigenvalue weighted by molar-refractivity contribution is -0.122. The van der Waals surface area contributed by atoms with E-state index in [0.717, 1.165) is 18.6 Å². The number of benzene rings is 1. The number of carbonyl (C=O) groups excluding carboxylic acids is 2. The van der Waals surface area contributed by atoms with Gasteiger partial charge in [0, 0.05) is 0 Å². The van der Waals surface area contributed by atoms with Crippen molar-refractivity contribution in [1.29, 1.82) is 0 Å². The minimum atomic E-state index is -0.193. The van der Waals surface area contributed by atoms with Crippen molar-refractivity contribution in [3.63, 3.8) is 0 Å². The second kappa shape index (κ2) is 6.80. The summed E-state index contributed by atoms with van der Waals surface area (Å²) < 4.78 is 5.65. The molecule has 2 aliphatic rings. The molecule has 1 aliphatic heterocycles. The van der Waals surface area contributed by atoms with Gasteiger partial charge in [0.15, 0.2) is 0 Å². The van der Waals surface area contributed by atoms with E-state index in [2.05, 4.69) is 20.8 Å². The van der Waals surface area contributed by atoms with Gasteiger partial charge in [-0.05, 0) is 57.4 Å². The zero-order valence-electron chi connectivity index (χ0n) is 14.7. The first kappa shape index (κ1) is 16.7. The Labute approximate surface area is 143 Å². The maximum absolute atomic E-state index is 12.7. The second-order valence-corrected chi connectivity index (χ2v) is 6.89. The normalized spacial score (nSPS) is 23.7. The van der Waals surface area contributed by atoms with Crippen LogP contribution in [0.1, 0.15) is 46.5 Å². The summed E-state index contributed by atoms with van der Waals surface area (Å²) in [6, 6.07) is 7.29. The fourth-order valence-electron chi connectivity index (χ4n) is 3.53. The molecule has 0 radical (unpaired) electrons. The van der Waals surface area contributed by atoms with E-state index >= 15 is 0 Å². The highest BCUT2D eigenvalue weighted by Crippen LogP contribution is 2.42. The number of carbonyl (C=O) groups is 2. The van der Waals surface area contributed by atoms with Crippen molar-refractivity contribution in [3.05, 3.63) is 35.4 Å². The SMILES string of the molecule is CCCCOc1ccc(N2C(=O)[C@H]3CC(C)=C(C)C[C@H]3C2=O)cc1. The number of hydrogen-bond donors (Lipinski definition) is 0. The molecule has 2 amide bonds. The number of hydrogen-bond acceptors (Lipinski definition) is 3. The van der Waals surface area contributed by atoms with Gasteiger partial charge in [0.25, 0.3) is 0 Å². The number of amides is 2. The highest BCUT2D eigenvalue weighted by molar-refractivity contribution is 6.22. The Balaban J connectivity index is 1.76. The van der Waals surface area contributed by atoms with Gasteiger partial charge in [-0.25, -0.2) is 0 Å². The van der Waals surface area contributed by atoms with Crippen LogP contribution in [0.15, 0.2) is 35.4 Å². The van der Waals surface area contributed by atoms with Gasteiger partial charge >= 0.3 is 0 Å². The van der Waals surface area contributed by atoms with Crippen LogP contribution in [0.25, 0.3) is 0 Å². The van der Waals surface area contributed by atoms with Gasteiger partial charge in [-0.2, -0.15) is 0 Å². The fourth-order valence-corrected chi connectivity index (χ4v) is 3.53. The van der Waals surface area contributed by atoms with Gasteiger partial charge < -0.3 is 4.74 Å². The monoisotopic (exact) mass is 327 g/mol. The van der Waals surface area contributed by atoms with E-state index in [1.165, 1.54) is 16.0 Å². The smallest absolute Gasteiger partial charge is 0.238 e. The largest absolute Gasteiger partial charge is 0.494 e. The molecule has 0 saturated carbocycles. The van der Waals surface area contributed by atoms with Crippen LogP contribution in [0.4, 0.5) is 5.69 Å². The molecule has 0 spiro atoms. The quantitative estimate of drug-likeness (QED) is 0.465. The first-order chi connectivity index (χ1) is 11.5. The van der Waals surface area contributed by atoms with E-state index in [4.69, 9.17) is 4.74 Å². The zero-order valence-corrected chi connectivity index (χ0v) is 14.7. The van der Waals surface area contributed by atoms with E-state index in [0.29, 0.717) is 25.1 Å². The molecule has 0 aromatic heterocycles. The molecule has 4 heteroatoms. The predicted octanol–water partition coefficient (Wildman–Crippen LogP) is 4.10. The molecular formula is C20H25NO3. The number of nitrogens with zero attached hydrogens (tertiary/aromatic N) is 1. The molecule has 4 nitrogen and oxygen atoms in total. The number of anilines is 1. The van der Waals surface area contributed by atoms with Crippen molar-refractivity contribution in [2.75, 3.05) is 11.5 Å². The van der Waals surface area contributed by atoms with E-state index in [1.54, 1.807) is 0 Å². The molecule has 0 bridgehead atoms. The summed E-state index contributed by atoms with van der Waals surface area (Å²) >= 11 is 0. The lowest BCUT2D eigenvalue weighted by Crippen LogP contribution is -2.30. The summed E-state index contributed by atoms with van der Waals surface area (Å²) in [7, 11) is 0. The minimum absolute atomic E-state index is 0.0588. The van der Waals surface area contributed by atoms with E-state index in [-0.39, 0.29) is 23.7 Å². The molecule has 3 rings (SSSR count). The van der Waals surface area contributed by atoms with Crippen LogP contribution in [0.2, 0.25) is 0 Å². The van der Waals surface area contributed by atoms with Crippen molar-refractivity contribution in [2.45, 2.75) is 46.5 Å². The van der Waals surface area contributed by atoms with Crippen molar-refractivity contribution in [1.82, 2.24) is 0 Å². The summed E-state index contributed by atoms with van der Waals surface area (Å²) in [6.07, 6.45) is 3.51. The van der Waals surface area contributed by atoms with Crippen LogP contribution >= 0.6 is 0 Å². The van der Waals surface area contributed by atoms with Crippen LogP contribution in [0, 0.1) is 11.8 Å². The third-order valence-corrected chi connectivity index (χ3v) is 5.20. The van der Waals surface area contributed by atoms with Gasteiger partial charge in [-0.3, -0.25) is 14.5 Å². The first-order valence-corrected chi connectivity index (χ1v) is 8.78. The van der Waals surface area contributed by atoms with Crippen molar-refractivity contribution >= 4 is 17.5 Å². The van der Waals surface area contributed by atoms with Crippen molar-refractivity contribution < 1.29 is 14.3 Å². The Morgan fingerprint density at radius 2 is 1.54 bits per heavy atom. The summed E-state index contributed by atoms with van der Waals surface area (Å²) in [5.41, 5.74) is 3.15. The maximum Gasteiger partial charge on any atom is 0.238 e. The van der Waals surface area contributed by atoms with Crippen LogP contribution < -0.4 is 9.64 Å². The molecule has 1 aromatic carbocycles. The summed E-state index contributed by atoms with van der Waals surface area (Å²) in [5, 5.41) is 0. The number of fused-ring (bicyclic) bond motifs is 1. The maximum atomic E-state index is 12.7. The molecule has 1 aliphatic carbocycles. The van der Waals surface area contributed by atoms with Gasteiger partial charge in [0.2, 0.25) is 11.8 Å². The standard InChI is InChI=1S/C20H25NO3/c1-4-5-10-24-16-8-6-15(7-9-16)21-19(22)17-11-13(2)14(3)12-18(17)20(21)23/h6-9,17-18H,4-5,10-12H2,1-3H3/t17-,18+. The molecule has 24 heavy (non-hydrogen) atoms. The Kier molecular flexibility index (Phi) is 4.74. The highest BCUT2D eigenvalue weighted by Gasteiger charge is 2.49. The van der Waals surface area contributed by atoms with E-state index in [9.17, 15) is 9.59 Å². The van der Waals surface area contributed by atoms with Gasteiger partial charge in [0.05, 0.1) is 24.1 Å². The lowest BCUT2D eigenvalue weighted by Gasteiger charge is -2.23. The average molecular weight is 327 g/mol. The molecule has 2 atom stereocenters. The van der Waals surface area contributed by atoms with Crippen LogP contribution in [0.3, 0.4) is 0 Å². The molecule has 1 fully saturated rings. The summed E-state index contributed by atoms with van der Waals surface area (Å²) in [4.78, 5) is 26.9.